The second-order valence-corrected chi connectivity index (χ2v) is 4.68. The lowest BCUT2D eigenvalue weighted by Gasteiger charge is -2.14. The maximum Gasteiger partial charge on any atom is 0.433 e. The summed E-state index contributed by atoms with van der Waals surface area (Å²) in [6, 6.07) is 0.896. The second kappa shape index (κ2) is 4.46. The second-order valence-electron chi connectivity index (χ2n) is 4.68. The Morgan fingerprint density at radius 3 is 2.65 bits per heavy atom. The first-order chi connectivity index (χ1) is 9.45. The normalized spacial score (nSPS) is 15.2. The highest BCUT2D eigenvalue weighted by molar-refractivity contribution is 5.36. The highest BCUT2D eigenvalue weighted by Crippen LogP contribution is 2.30. The lowest BCUT2D eigenvalue weighted by molar-refractivity contribution is -0.141. The van der Waals surface area contributed by atoms with Crippen LogP contribution in [0.1, 0.15) is 29.9 Å². The number of anilines is 1. The third-order valence-electron chi connectivity index (χ3n) is 3.30. The summed E-state index contributed by atoms with van der Waals surface area (Å²) < 4.78 is 39.8. The molecule has 0 aromatic carbocycles. The molecule has 1 aliphatic carbocycles. The molecule has 3 rings (SSSR count). The molecule has 2 N–H and O–H groups in total. The van der Waals surface area contributed by atoms with E-state index in [0.717, 1.165) is 43.1 Å². The summed E-state index contributed by atoms with van der Waals surface area (Å²) in [5.41, 5.74) is 6.16. The number of fused-ring (bicyclic) bond motifs is 1. The van der Waals surface area contributed by atoms with Crippen molar-refractivity contribution in [1.82, 2.24) is 19.5 Å². The van der Waals surface area contributed by atoms with Gasteiger partial charge in [-0.15, -0.1) is 0 Å². The van der Waals surface area contributed by atoms with E-state index in [4.69, 9.17) is 5.73 Å². The van der Waals surface area contributed by atoms with Gasteiger partial charge in [-0.05, 0) is 25.7 Å². The van der Waals surface area contributed by atoms with Crippen LogP contribution >= 0.6 is 0 Å². The lowest BCUT2D eigenvalue weighted by Crippen LogP contribution is -2.14. The summed E-state index contributed by atoms with van der Waals surface area (Å²) in [5, 5.41) is 0. The molecule has 0 amide bonds. The molecule has 1 aliphatic rings. The fourth-order valence-electron chi connectivity index (χ4n) is 2.39. The number of rotatable bonds is 1. The fourth-order valence-corrected chi connectivity index (χ4v) is 2.39. The molecule has 0 saturated carbocycles. The van der Waals surface area contributed by atoms with Gasteiger partial charge in [0, 0.05) is 11.8 Å². The first kappa shape index (κ1) is 12.9. The molecule has 0 atom stereocenters. The number of imidazole rings is 1. The van der Waals surface area contributed by atoms with Gasteiger partial charge in [0.1, 0.15) is 12.1 Å². The van der Waals surface area contributed by atoms with Crippen molar-refractivity contribution in [2.45, 2.75) is 31.9 Å². The SMILES string of the molecule is Nc1nc(-n2cnc3c2CCCC3)cc(C(F)(F)F)n1. The van der Waals surface area contributed by atoms with Gasteiger partial charge in [0.15, 0.2) is 5.69 Å². The van der Waals surface area contributed by atoms with Crippen molar-refractivity contribution in [1.29, 1.82) is 0 Å². The molecule has 2 aromatic heterocycles. The summed E-state index contributed by atoms with van der Waals surface area (Å²) in [4.78, 5) is 11.4. The molecule has 20 heavy (non-hydrogen) atoms. The van der Waals surface area contributed by atoms with Crippen LogP contribution in [0.4, 0.5) is 19.1 Å². The van der Waals surface area contributed by atoms with E-state index in [2.05, 4.69) is 15.0 Å². The molecule has 0 radical (unpaired) electrons. The summed E-state index contributed by atoms with van der Waals surface area (Å²) >= 11 is 0. The molecule has 0 bridgehead atoms. The van der Waals surface area contributed by atoms with Crippen LogP contribution in [0.15, 0.2) is 12.4 Å². The standard InChI is InChI=1S/C12H12F3N5/c13-12(14,15)9-5-10(19-11(16)18-9)20-6-17-7-3-1-2-4-8(7)20/h5-6H,1-4H2,(H2,16,18,19). The Kier molecular flexibility index (Phi) is 2.88. The zero-order valence-electron chi connectivity index (χ0n) is 10.5. The van der Waals surface area contributed by atoms with E-state index in [-0.39, 0.29) is 5.82 Å². The number of aryl methyl sites for hydroxylation is 1. The third kappa shape index (κ3) is 2.21. The number of hydrogen-bond donors (Lipinski definition) is 1. The predicted molar refractivity (Wildman–Crippen MR) is 65.2 cm³/mol. The number of halogens is 3. The Hall–Kier alpha value is -2.12. The van der Waals surface area contributed by atoms with Gasteiger partial charge in [0.25, 0.3) is 0 Å². The maximum atomic E-state index is 12.8. The van der Waals surface area contributed by atoms with E-state index in [9.17, 15) is 13.2 Å². The van der Waals surface area contributed by atoms with Crippen LogP contribution in [0.2, 0.25) is 0 Å². The van der Waals surface area contributed by atoms with Gasteiger partial charge in [0.05, 0.1) is 5.69 Å². The number of nitrogens with zero attached hydrogens (tertiary/aromatic N) is 4. The van der Waals surface area contributed by atoms with E-state index in [1.54, 1.807) is 4.57 Å². The van der Waals surface area contributed by atoms with Gasteiger partial charge in [-0.25, -0.2) is 9.97 Å². The Bertz CT molecular complexity index is 647. The Morgan fingerprint density at radius 1 is 1.15 bits per heavy atom. The molecular formula is C12H12F3N5. The van der Waals surface area contributed by atoms with Gasteiger partial charge in [0.2, 0.25) is 5.95 Å². The Balaban J connectivity index is 2.11. The topological polar surface area (TPSA) is 69.6 Å². The van der Waals surface area contributed by atoms with Crippen molar-refractivity contribution in [3.8, 4) is 5.82 Å². The van der Waals surface area contributed by atoms with E-state index < -0.39 is 17.8 Å². The zero-order valence-corrected chi connectivity index (χ0v) is 10.5. The third-order valence-corrected chi connectivity index (χ3v) is 3.30. The average molecular weight is 283 g/mol. The van der Waals surface area contributed by atoms with Crippen molar-refractivity contribution < 1.29 is 13.2 Å². The molecular weight excluding hydrogens is 271 g/mol. The van der Waals surface area contributed by atoms with Gasteiger partial charge in [-0.1, -0.05) is 0 Å². The number of hydrogen-bond acceptors (Lipinski definition) is 4. The molecule has 2 heterocycles. The smallest absolute Gasteiger partial charge is 0.368 e. The number of nitrogens with two attached hydrogens (primary N) is 1. The summed E-state index contributed by atoms with van der Waals surface area (Å²) in [7, 11) is 0. The van der Waals surface area contributed by atoms with Crippen molar-refractivity contribution in [3.63, 3.8) is 0 Å². The van der Waals surface area contributed by atoms with Crippen LogP contribution in [0, 0.1) is 0 Å². The van der Waals surface area contributed by atoms with E-state index in [1.807, 2.05) is 0 Å². The molecule has 8 heteroatoms. The highest BCUT2D eigenvalue weighted by atomic mass is 19.4. The summed E-state index contributed by atoms with van der Waals surface area (Å²) in [6.45, 7) is 0. The summed E-state index contributed by atoms with van der Waals surface area (Å²) in [5.74, 6) is -0.284. The Labute approximate surface area is 112 Å². The molecule has 2 aromatic rings. The predicted octanol–water partition coefficient (Wildman–Crippen LogP) is 2.14. The van der Waals surface area contributed by atoms with Crippen LogP contribution < -0.4 is 5.73 Å². The van der Waals surface area contributed by atoms with Crippen LogP contribution in [0.3, 0.4) is 0 Å². The number of aromatic nitrogens is 4. The van der Waals surface area contributed by atoms with E-state index in [1.165, 1.54) is 6.33 Å². The number of nitrogen functional groups attached to an aromatic ring is 1. The molecule has 0 unspecified atom stereocenters. The molecule has 0 aliphatic heterocycles. The van der Waals surface area contributed by atoms with Crippen LogP contribution in [-0.4, -0.2) is 19.5 Å². The van der Waals surface area contributed by atoms with Crippen LogP contribution in [-0.2, 0) is 19.0 Å². The summed E-state index contributed by atoms with van der Waals surface area (Å²) in [6.07, 6.45) is 0.606. The minimum absolute atomic E-state index is 0.112. The van der Waals surface area contributed by atoms with Gasteiger partial charge in [-0.2, -0.15) is 18.2 Å². The van der Waals surface area contributed by atoms with Crippen molar-refractivity contribution >= 4 is 5.95 Å². The van der Waals surface area contributed by atoms with Gasteiger partial charge in [-0.3, -0.25) is 4.57 Å². The quantitative estimate of drug-likeness (QED) is 0.870. The molecule has 0 spiro atoms. The first-order valence-electron chi connectivity index (χ1n) is 6.22. The van der Waals surface area contributed by atoms with E-state index >= 15 is 0 Å². The maximum absolute atomic E-state index is 12.8. The fraction of sp³-hybridized carbons (Fsp3) is 0.417. The van der Waals surface area contributed by atoms with Crippen molar-refractivity contribution in [2.24, 2.45) is 0 Å². The van der Waals surface area contributed by atoms with Crippen molar-refractivity contribution in [2.75, 3.05) is 5.73 Å². The Morgan fingerprint density at radius 2 is 1.90 bits per heavy atom. The highest BCUT2D eigenvalue weighted by Gasteiger charge is 2.34. The van der Waals surface area contributed by atoms with E-state index in [0.29, 0.717) is 0 Å². The van der Waals surface area contributed by atoms with Gasteiger partial charge < -0.3 is 5.73 Å². The van der Waals surface area contributed by atoms with Crippen molar-refractivity contribution in [3.05, 3.63) is 29.5 Å². The monoisotopic (exact) mass is 283 g/mol. The average Bonchev–Trinajstić information content (AvgIpc) is 2.80. The molecule has 5 nitrogen and oxygen atoms in total. The first-order valence-corrected chi connectivity index (χ1v) is 6.22. The van der Waals surface area contributed by atoms with Crippen LogP contribution in [0.25, 0.3) is 5.82 Å². The largest absolute Gasteiger partial charge is 0.433 e. The van der Waals surface area contributed by atoms with Gasteiger partial charge >= 0.3 is 6.18 Å². The number of alkyl halides is 3. The minimum Gasteiger partial charge on any atom is -0.368 e. The zero-order chi connectivity index (χ0) is 14.3. The minimum atomic E-state index is -4.55. The van der Waals surface area contributed by atoms with Crippen LogP contribution in [0.5, 0.6) is 0 Å². The molecule has 0 fully saturated rings. The molecule has 0 saturated heterocycles. The lowest BCUT2D eigenvalue weighted by atomic mass is 10.0. The molecule has 106 valence electrons.